The van der Waals surface area contributed by atoms with Crippen LogP contribution in [-0.2, 0) is 124 Å². The molecule has 0 aliphatic carbocycles. The molecule has 0 spiro atoms. The van der Waals surface area contributed by atoms with Crippen molar-refractivity contribution in [3.63, 3.8) is 0 Å². The second-order valence-electron chi connectivity index (χ2n) is 21.8. The second kappa shape index (κ2) is 43.8. The standard InChI is InChI=1S/C53H75N19O23S5/c54-100(92,93)53-67-65-51(98-53)61-43(80)15-8-10-33-24-71(69-63-33)17-5-2-12-40(77)56-35(22-45(83)84)38(75)19-30(21-44(81)82)47(86)58-34(48(87)59-37(27-96)49(88)89)11-1-4-16-55-46(85)31(25-94-28-73)20-39(76)36(26-95-29-74)57-41(78)13-3-6-18-72-23-32(62-70-72)9-7-14-42(79)60-50-64-66-52(97-50)68-99(90)91/h23-24,28-31,34-37,96H,1-22,25-27H2,(H,55,85)(H,56,77)(H,57,78)(H,58,86)(H,59,87)(H,66,68)(H,81,82)(H,83,84)(H,88,89)(H,90,91)(H2,54,92,93)(H,60,64,79)(H,61,65,80)/t30-,31-,34-,35-,36-,37-/m0/s1. The molecular weight excluding hydrogens is 1430 g/mol. The third-order valence-corrected chi connectivity index (χ3v) is 17.7. The number of nitrogens with one attached hydrogen (secondary N) is 8. The average molecular weight is 1510 g/mol. The summed E-state index contributed by atoms with van der Waals surface area (Å²) < 4.78 is 56.8. The van der Waals surface area contributed by atoms with Crippen LogP contribution in [0.1, 0.15) is 121 Å². The van der Waals surface area contributed by atoms with E-state index in [0.717, 1.165) is 11.3 Å². The summed E-state index contributed by atoms with van der Waals surface area (Å²) in [5.41, 5.74) is 1.11. The summed E-state index contributed by atoms with van der Waals surface area (Å²) in [5.74, 6) is -15.4. The van der Waals surface area contributed by atoms with Crippen molar-refractivity contribution >= 4 is 156 Å². The number of hydrogen-bond acceptors (Lipinski definition) is 30. The third kappa shape index (κ3) is 32.5. The number of sulfonamides is 1. The molecule has 1 unspecified atom stereocenters. The van der Waals surface area contributed by atoms with Crippen LogP contribution in [0.15, 0.2) is 16.7 Å². The number of aliphatic carboxylic acids is 3. The topological polar surface area (TPSA) is 625 Å². The molecule has 14 N–H and O–H groups in total. The van der Waals surface area contributed by atoms with Crippen LogP contribution in [-0.4, -0.2) is 216 Å². The summed E-state index contributed by atoms with van der Waals surface area (Å²) in [7, 11) is -4.09. The number of ketones is 2. The smallest absolute Gasteiger partial charge is 0.327 e. The molecule has 47 heteroatoms. The number of carboxylic acids is 3. The van der Waals surface area contributed by atoms with Crippen molar-refractivity contribution in [2.75, 3.05) is 40.9 Å². The number of nitrogens with two attached hydrogens (primary N) is 1. The number of carbonyl (C=O) groups excluding carboxylic acids is 11. The first-order valence-electron chi connectivity index (χ1n) is 30.4. The van der Waals surface area contributed by atoms with E-state index in [9.17, 15) is 95.1 Å². The average Bonchev–Trinajstić information content (AvgIpc) is 1.56. The highest BCUT2D eigenvalue weighted by Gasteiger charge is 2.34. The summed E-state index contributed by atoms with van der Waals surface area (Å²) in [6.07, 6.45) is 1.80. The Morgan fingerprint density at radius 3 is 1.61 bits per heavy atom. The second-order valence-corrected chi connectivity index (χ2v) is 26.6. The van der Waals surface area contributed by atoms with Crippen LogP contribution in [0.2, 0.25) is 0 Å². The molecule has 0 aromatic carbocycles. The zero-order valence-corrected chi connectivity index (χ0v) is 57.3. The Morgan fingerprint density at radius 1 is 0.570 bits per heavy atom. The van der Waals surface area contributed by atoms with Gasteiger partial charge < -0.3 is 62.0 Å². The zero-order valence-electron chi connectivity index (χ0n) is 53.1. The fourth-order valence-electron chi connectivity index (χ4n) is 9.00. The lowest BCUT2D eigenvalue weighted by Crippen LogP contribution is -2.53. The van der Waals surface area contributed by atoms with E-state index in [1.54, 1.807) is 12.4 Å². The summed E-state index contributed by atoms with van der Waals surface area (Å²) in [4.78, 5) is 177. The number of unbranched alkanes of at least 4 members (excludes halogenated alkanes) is 3. The molecule has 0 saturated carbocycles. The van der Waals surface area contributed by atoms with E-state index >= 15 is 0 Å². The first-order valence-corrected chi connectivity index (χ1v) is 35.3. The number of Topliss-reactive ketones (excluding diaryl/α,β-unsaturated/α-hetero) is 2. The Bertz CT molecular complexity index is 3610. The van der Waals surface area contributed by atoms with Crippen LogP contribution in [0.25, 0.3) is 0 Å². The zero-order chi connectivity index (χ0) is 73.7. The summed E-state index contributed by atoms with van der Waals surface area (Å²) in [5, 5.41) is 81.5. The molecule has 4 heterocycles. The lowest BCUT2D eigenvalue weighted by Gasteiger charge is -2.24. The molecule has 550 valence electrons. The van der Waals surface area contributed by atoms with Crippen molar-refractivity contribution < 1.29 is 109 Å². The van der Waals surface area contributed by atoms with Crippen molar-refractivity contribution in [1.82, 2.24) is 77.0 Å². The molecule has 42 nitrogen and oxygen atoms in total. The van der Waals surface area contributed by atoms with Gasteiger partial charge in [0.05, 0.1) is 42.1 Å². The van der Waals surface area contributed by atoms with Crippen LogP contribution < -0.4 is 47.1 Å². The Balaban J connectivity index is 1.25. The molecule has 0 aliphatic rings. The fraction of sp³-hybridized carbons (Fsp3) is 0.585. The number of carbonyl (C=O) groups is 14. The number of thiol groups is 1. The molecular formula is C53H75N19O23S5. The summed E-state index contributed by atoms with van der Waals surface area (Å²) >= 11 is 3.04. The van der Waals surface area contributed by atoms with Gasteiger partial charge in [0, 0.05) is 76.3 Å². The Labute approximate surface area is 584 Å². The Kier molecular flexibility index (Phi) is 36.4. The normalized spacial score (nSPS) is 13.3. The minimum absolute atomic E-state index is 0.0118. The third-order valence-electron chi connectivity index (χ3n) is 13.9. The van der Waals surface area contributed by atoms with Gasteiger partial charge in [0.15, 0.2) is 11.6 Å². The van der Waals surface area contributed by atoms with Crippen LogP contribution in [0, 0.1) is 11.8 Å². The van der Waals surface area contributed by atoms with Gasteiger partial charge >= 0.3 is 17.9 Å². The highest BCUT2D eigenvalue weighted by atomic mass is 32.2. The summed E-state index contributed by atoms with van der Waals surface area (Å²) in [6.45, 7) is -0.781. The van der Waals surface area contributed by atoms with Crippen molar-refractivity contribution in [3.05, 3.63) is 23.8 Å². The van der Waals surface area contributed by atoms with Crippen molar-refractivity contribution in [2.45, 2.75) is 164 Å². The molecule has 4 aromatic heterocycles. The maximum absolute atomic E-state index is 13.8. The number of rotatable bonds is 53. The maximum Gasteiger partial charge on any atom is 0.327 e. The Morgan fingerprint density at radius 2 is 1.08 bits per heavy atom. The number of hydrogen-bond donors (Lipinski definition) is 14. The molecule has 0 saturated heterocycles. The largest absolute Gasteiger partial charge is 0.481 e. The van der Waals surface area contributed by atoms with Gasteiger partial charge in [-0.25, -0.2) is 22.6 Å². The molecule has 0 radical (unpaired) electrons. The van der Waals surface area contributed by atoms with E-state index < -0.39 is 171 Å². The minimum Gasteiger partial charge on any atom is -0.481 e. The van der Waals surface area contributed by atoms with Gasteiger partial charge in [-0.15, -0.1) is 30.6 Å². The van der Waals surface area contributed by atoms with E-state index in [2.05, 4.69) is 95.6 Å². The molecule has 7 amide bonds. The van der Waals surface area contributed by atoms with E-state index in [1.165, 1.54) is 9.36 Å². The van der Waals surface area contributed by atoms with Gasteiger partial charge in [-0.2, -0.15) is 12.6 Å². The van der Waals surface area contributed by atoms with E-state index in [1.807, 2.05) is 0 Å². The molecule has 100 heavy (non-hydrogen) atoms. The van der Waals surface area contributed by atoms with E-state index in [4.69, 9.17) is 19.2 Å². The van der Waals surface area contributed by atoms with Crippen molar-refractivity contribution in [2.24, 2.45) is 17.0 Å². The number of aromatic nitrogens is 10. The SMILES string of the molecule is NS(=O)(=O)c1nnc(NC(=O)CCCc2cn(CCCCC(=O)N[C@@H](CC(=O)O)C(=O)C[C@@H](CC(=O)O)C(=O)N[C@@H](CCCCNC(=O)[C@H](COC=O)CC(=O)[C@H](COC=O)NC(=O)CCCCn3cc(CCCC(=O)Nc4nnc(NS(=O)O)s4)nn3)C(=O)N[C@@H](CS)C(=O)O)nn2)s1. The van der Waals surface area contributed by atoms with Crippen LogP contribution in [0.4, 0.5) is 15.4 Å². The maximum atomic E-state index is 13.8. The number of amides is 7. The quantitative estimate of drug-likeness (QED) is 0.00710. The van der Waals surface area contributed by atoms with Crippen LogP contribution in [0.3, 0.4) is 0 Å². The Hall–Kier alpha value is -9.45. The van der Waals surface area contributed by atoms with Gasteiger partial charge in [0.25, 0.3) is 34.2 Å². The number of ether oxygens (including phenoxy) is 2. The lowest BCUT2D eigenvalue weighted by atomic mass is 9.92. The predicted octanol–water partition coefficient (Wildman–Crippen LogP) is -2.58. The highest BCUT2D eigenvalue weighted by molar-refractivity contribution is 7.91. The number of nitrogens with zero attached hydrogens (tertiary/aromatic N) is 10. The van der Waals surface area contributed by atoms with Gasteiger partial charge in [-0.3, -0.25) is 81.0 Å². The fourth-order valence-corrected chi connectivity index (χ4v) is 11.7. The number of anilines is 3. The lowest BCUT2D eigenvalue weighted by molar-refractivity contribution is -0.144. The van der Waals surface area contributed by atoms with Gasteiger partial charge in [0.1, 0.15) is 31.3 Å². The van der Waals surface area contributed by atoms with Crippen LogP contribution >= 0.6 is 35.3 Å². The number of aryl methyl sites for hydroxylation is 4. The van der Waals surface area contributed by atoms with Gasteiger partial charge in [-0.1, -0.05) is 33.1 Å². The van der Waals surface area contributed by atoms with Crippen molar-refractivity contribution in [1.29, 1.82) is 0 Å². The van der Waals surface area contributed by atoms with Gasteiger partial charge in [-0.05, 0) is 70.6 Å². The monoisotopic (exact) mass is 1510 g/mol. The number of carboxylic acid groups (broad SMARTS) is 3. The minimum atomic E-state index is -4.09. The highest BCUT2D eigenvalue weighted by Crippen LogP contribution is 2.22. The number of primary sulfonamides is 1. The predicted molar refractivity (Wildman–Crippen MR) is 347 cm³/mol. The molecule has 4 aromatic rings. The van der Waals surface area contributed by atoms with Crippen molar-refractivity contribution in [3.8, 4) is 0 Å². The first-order chi connectivity index (χ1) is 47.5. The van der Waals surface area contributed by atoms with E-state index in [0.29, 0.717) is 74.2 Å². The molecule has 0 aliphatic heterocycles. The summed E-state index contributed by atoms with van der Waals surface area (Å²) in [6, 6.07) is -6.41. The van der Waals surface area contributed by atoms with Crippen LogP contribution in [0.5, 0.6) is 0 Å². The van der Waals surface area contributed by atoms with Gasteiger partial charge in [0.2, 0.25) is 61.1 Å². The molecule has 0 fully saturated rings. The molecule has 0 bridgehead atoms. The van der Waals surface area contributed by atoms with E-state index in [-0.39, 0.29) is 98.7 Å². The molecule has 7 atom stereocenters. The molecule has 4 rings (SSSR count). The first kappa shape index (κ1) is 83.0.